The summed E-state index contributed by atoms with van der Waals surface area (Å²) in [6.45, 7) is 2.36. The molecule has 0 fully saturated rings. The van der Waals surface area contributed by atoms with E-state index in [1.54, 1.807) is 30.3 Å². The monoisotopic (exact) mass is 359 g/mol. The number of hydrogen-bond acceptors (Lipinski definition) is 2. The fourth-order valence-electron chi connectivity index (χ4n) is 2.25. The predicted molar refractivity (Wildman–Crippen MR) is 91.2 cm³/mol. The van der Waals surface area contributed by atoms with Crippen molar-refractivity contribution < 1.29 is 9.59 Å². The van der Waals surface area contributed by atoms with Gasteiger partial charge in [0.05, 0.1) is 0 Å². The lowest BCUT2D eigenvalue weighted by molar-refractivity contribution is 0.0616. The molecule has 0 saturated carbocycles. The summed E-state index contributed by atoms with van der Waals surface area (Å²) in [5, 5.41) is 0.578. The molecule has 3 nitrogen and oxygen atoms in total. The predicted octanol–water partition coefficient (Wildman–Crippen LogP) is 4.27. The van der Waals surface area contributed by atoms with Gasteiger partial charge in [-0.1, -0.05) is 59.3 Å². The minimum atomic E-state index is -0.253. The highest BCUT2D eigenvalue weighted by molar-refractivity contribution is 9.08. The molecule has 0 bridgehead atoms. The molecule has 0 unspecified atom stereocenters. The molecule has 0 spiro atoms. The maximum Gasteiger partial charge on any atom is 0.261 e. The number of halogens is 1. The van der Waals surface area contributed by atoms with Crippen LogP contribution in [0.15, 0.2) is 54.6 Å². The number of nitrogens with zero attached hydrogens (tertiary/aromatic N) is 1. The van der Waals surface area contributed by atoms with Crippen molar-refractivity contribution in [1.29, 1.82) is 0 Å². The molecule has 0 aliphatic heterocycles. The molecule has 0 aliphatic carbocycles. The fourth-order valence-corrected chi connectivity index (χ4v) is 2.74. The van der Waals surface area contributed by atoms with Gasteiger partial charge >= 0.3 is 0 Å². The zero-order valence-corrected chi connectivity index (χ0v) is 14.0. The summed E-state index contributed by atoms with van der Waals surface area (Å²) in [4.78, 5) is 26.8. The number of rotatable bonds is 5. The van der Waals surface area contributed by atoms with E-state index < -0.39 is 0 Å². The van der Waals surface area contributed by atoms with Crippen LogP contribution in [-0.2, 0) is 5.33 Å². The summed E-state index contributed by atoms with van der Waals surface area (Å²) in [5.41, 5.74) is 1.98. The lowest BCUT2D eigenvalue weighted by atomic mass is 10.1. The largest absolute Gasteiger partial charge is 0.274 e. The van der Waals surface area contributed by atoms with E-state index >= 15 is 0 Å². The van der Waals surface area contributed by atoms with Crippen LogP contribution in [0.25, 0.3) is 0 Å². The Balaban J connectivity index is 2.35. The number of carbonyl (C=O) groups excluding carboxylic acids is 2. The van der Waals surface area contributed by atoms with Crippen LogP contribution in [0, 0.1) is 0 Å². The summed E-state index contributed by atoms with van der Waals surface area (Å²) >= 11 is 3.39. The van der Waals surface area contributed by atoms with Crippen molar-refractivity contribution in [2.45, 2.75) is 18.7 Å². The van der Waals surface area contributed by atoms with E-state index in [9.17, 15) is 9.59 Å². The molecule has 4 heteroatoms. The maximum absolute atomic E-state index is 12.8. The number of imide groups is 1. The molecule has 114 valence electrons. The van der Waals surface area contributed by atoms with Gasteiger partial charge in [-0.25, -0.2) is 0 Å². The molecular formula is C18H18BrNO2. The van der Waals surface area contributed by atoms with Crippen LogP contribution in [-0.4, -0.2) is 23.3 Å². The second kappa shape index (κ2) is 7.90. The molecule has 2 amide bonds. The Bertz CT molecular complexity index is 655. The zero-order valence-electron chi connectivity index (χ0n) is 12.5. The fraction of sp³-hybridized carbons (Fsp3) is 0.222. The van der Waals surface area contributed by atoms with Gasteiger partial charge in [0.25, 0.3) is 11.8 Å². The van der Waals surface area contributed by atoms with Crippen molar-refractivity contribution >= 4 is 27.7 Å². The van der Waals surface area contributed by atoms with Crippen molar-refractivity contribution in [1.82, 2.24) is 4.90 Å². The highest BCUT2D eigenvalue weighted by atomic mass is 79.9. The van der Waals surface area contributed by atoms with Crippen molar-refractivity contribution in [2.24, 2.45) is 0 Å². The summed E-state index contributed by atoms with van der Waals surface area (Å²) < 4.78 is 0. The van der Waals surface area contributed by atoms with Crippen molar-refractivity contribution in [2.75, 3.05) is 6.54 Å². The van der Waals surface area contributed by atoms with Gasteiger partial charge in [0.15, 0.2) is 0 Å². The van der Waals surface area contributed by atoms with E-state index in [2.05, 4.69) is 15.9 Å². The first-order valence-electron chi connectivity index (χ1n) is 7.24. The molecule has 2 aromatic carbocycles. The Labute approximate surface area is 139 Å². The van der Waals surface area contributed by atoms with Gasteiger partial charge in [-0.15, -0.1) is 0 Å². The summed E-state index contributed by atoms with van der Waals surface area (Å²) in [5.74, 6) is -0.498. The normalized spacial score (nSPS) is 10.3. The van der Waals surface area contributed by atoms with E-state index in [0.29, 0.717) is 23.0 Å². The Morgan fingerprint density at radius 3 is 2.23 bits per heavy atom. The highest BCUT2D eigenvalue weighted by Crippen LogP contribution is 2.17. The molecule has 2 rings (SSSR count). The minimum Gasteiger partial charge on any atom is -0.274 e. The standard InChI is InChI=1S/C18H18BrNO2/c1-2-12-20(17(21)14-8-4-3-5-9-14)18(22)16-11-7-6-10-15(16)13-19/h3-11H,2,12-13H2,1H3. The Morgan fingerprint density at radius 2 is 1.59 bits per heavy atom. The lowest BCUT2D eigenvalue weighted by Gasteiger charge is -2.21. The van der Waals surface area contributed by atoms with E-state index in [-0.39, 0.29) is 11.8 Å². The lowest BCUT2D eigenvalue weighted by Crippen LogP contribution is -2.38. The van der Waals surface area contributed by atoms with Gasteiger partial charge in [-0.05, 0) is 30.2 Å². The van der Waals surface area contributed by atoms with Crippen LogP contribution in [0.1, 0.15) is 39.6 Å². The number of hydrogen-bond donors (Lipinski definition) is 0. The molecule has 0 heterocycles. The summed E-state index contributed by atoms with van der Waals surface area (Å²) in [6, 6.07) is 16.3. The molecule has 0 aliphatic rings. The minimum absolute atomic E-state index is 0.245. The summed E-state index contributed by atoms with van der Waals surface area (Å²) in [6.07, 6.45) is 0.723. The zero-order chi connectivity index (χ0) is 15.9. The second-order valence-electron chi connectivity index (χ2n) is 4.92. The van der Waals surface area contributed by atoms with E-state index in [4.69, 9.17) is 0 Å². The Morgan fingerprint density at radius 1 is 0.955 bits per heavy atom. The van der Waals surface area contributed by atoms with Crippen LogP contribution >= 0.6 is 15.9 Å². The molecular weight excluding hydrogens is 342 g/mol. The first-order valence-corrected chi connectivity index (χ1v) is 8.36. The van der Waals surface area contributed by atoms with Gasteiger partial charge in [0.1, 0.15) is 0 Å². The first kappa shape index (κ1) is 16.4. The SMILES string of the molecule is CCCN(C(=O)c1ccccc1)C(=O)c1ccccc1CBr. The molecule has 22 heavy (non-hydrogen) atoms. The molecule has 0 saturated heterocycles. The highest BCUT2D eigenvalue weighted by Gasteiger charge is 2.24. The summed E-state index contributed by atoms with van der Waals surface area (Å²) in [7, 11) is 0. The molecule has 0 aromatic heterocycles. The van der Waals surface area contributed by atoms with Gasteiger partial charge in [-0.2, -0.15) is 0 Å². The topological polar surface area (TPSA) is 37.4 Å². The van der Waals surface area contributed by atoms with E-state index in [1.807, 2.05) is 31.2 Å². The number of benzene rings is 2. The average Bonchev–Trinajstić information content (AvgIpc) is 2.59. The molecule has 0 radical (unpaired) electrons. The van der Waals surface area contributed by atoms with Gasteiger partial charge in [0, 0.05) is 23.0 Å². The third-order valence-electron chi connectivity index (χ3n) is 3.35. The van der Waals surface area contributed by atoms with Crippen LogP contribution in [0.3, 0.4) is 0 Å². The maximum atomic E-state index is 12.8. The molecule has 0 atom stereocenters. The van der Waals surface area contributed by atoms with E-state index in [0.717, 1.165) is 12.0 Å². The van der Waals surface area contributed by atoms with Crippen LogP contribution in [0.5, 0.6) is 0 Å². The van der Waals surface area contributed by atoms with Crippen molar-refractivity contribution in [3.05, 3.63) is 71.3 Å². The first-order chi connectivity index (χ1) is 10.7. The van der Waals surface area contributed by atoms with Gasteiger partial charge < -0.3 is 0 Å². The second-order valence-corrected chi connectivity index (χ2v) is 5.48. The number of amides is 2. The van der Waals surface area contributed by atoms with Crippen LogP contribution < -0.4 is 0 Å². The molecule has 2 aromatic rings. The van der Waals surface area contributed by atoms with Crippen LogP contribution in [0.4, 0.5) is 0 Å². The number of alkyl halides is 1. The third kappa shape index (κ3) is 3.63. The third-order valence-corrected chi connectivity index (χ3v) is 3.95. The van der Waals surface area contributed by atoms with E-state index in [1.165, 1.54) is 4.90 Å². The molecule has 0 N–H and O–H groups in total. The Hall–Kier alpha value is -1.94. The Kier molecular flexibility index (Phi) is 5.90. The van der Waals surface area contributed by atoms with Crippen molar-refractivity contribution in [3.8, 4) is 0 Å². The van der Waals surface area contributed by atoms with Gasteiger partial charge in [-0.3, -0.25) is 14.5 Å². The average molecular weight is 360 g/mol. The van der Waals surface area contributed by atoms with Crippen molar-refractivity contribution in [3.63, 3.8) is 0 Å². The quantitative estimate of drug-likeness (QED) is 0.590. The number of carbonyl (C=O) groups is 2. The van der Waals surface area contributed by atoms with Crippen LogP contribution in [0.2, 0.25) is 0 Å². The van der Waals surface area contributed by atoms with Gasteiger partial charge in [0.2, 0.25) is 0 Å². The smallest absolute Gasteiger partial charge is 0.261 e.